The van der Waals surface area contributed by atoms with Crippen LogP contribution in [0.5, 0.6) is 0 Å². The number of halogens is 2. The van der Waals surface area contributed by atoms with E-state index in [4.69, 9.17) is 21.1 Å². The molecule has 0 spiro atoms. The quantitative estimate of drug-likeness (QED) is 0.474. The predicted molar refractivity (Wildman–Crippen MR) is 67.2 cm³/mol. The highest BCUT2D eigenvalue weighted by molar-refractivity contribution is 6.44. The summed E-state index contributed by atoms with van der Waals surface area (Å²) in [7, 11) is 0. The van der Waals surface area contributed by atoms with E-state index >= 15 is 0 Å². The predicted octanol–water partition coefficient (Wildman–Crippen LogP) is 2.39. The highest BCUT2D eigenvalue weighted by Gasteiger charge is 2.49. The number of esters is 2. The number of carbonyl (C=O) groups excluding carboxylic acids is 2. The minimum Gasteiger partial charge on any atom is -0.464 e. The van der Waals surface area contributed by atoms with Gasteiger partial charge in [-0.15, -0.1) is 0 Å². The minimum atomic E-state index is -2.19. The maximum absolute atomic E-state index is 13.2. The Kier molecular flexibility index (Phi) is 5.30. The Hall–Kier alpha value is -1.62. The molecular formula is C13H14ClFO4. The largest absolute Gasteiger partial charge is 0.464 e. The molecule has 0 saturated heterocycles. The smallest absolute Gasteiger partial charge is 0.343 e. The summed E-state index contributed by atoms with van der Waals surface area (Å²) in [5.74, 6) is -2.59. The summed E-state index contributed by atoms with van der Waals surface area (Å²) in [5.41, 5.74) is -0.0222. The van der Waals surface area contributed by atoms with E-state index in [0.717, 1.165) is 6.07 Å². The van der Waals surface area contributed by atoms with Gasteiger partial charge < -0.3 is 9.47 Å². The van der Waals surface area contributed by atoms with Crippen LogP contribution in [0.1, 0.15) is 19.4 Å². The van der Waals surface area contributed by atoms with E-state index in [1.54, 1.807) is 13.8 Å². The number of benzene rings is 1. The molecule has 1 aromatic rings. The van der Waals surface area contributed by atoms with Gasteiger partial charge in [-0.2, -0.15) is 0 Å². The molecule has 0 aromatic heterocycles. The fourth-order valence-electron chi connectivity index (χ4n) is 1.48. The Morgan fingerprint density at radius 3 is 2.16 bits per heavy atom. The molecule has 0 unspecified atom stereocenters. The first-order valence-electron chi connectivity index (χ1n) is 5.76. The van der Waals surface area contributed by atoms with Gasteiger partial charge in [0.15, 0.2) is 0 Å². The Balaban J connectivity index is 3.25. The first kappa shape index (κ1) is 15.4. The van der Waals surface area contributed by atoms with Crippen molar-refractivity contribution in [1.82, 2.24) is 0 Å². The third-order valence-corrected chi connectivity index (χ3v) is 2.86. The van der Waals surface area contributed by atoms with Crippen LogP contribution in [-0.4, -0.2) is 25.2 Å². The molecule has 0 saturated carbocycles. The molecule has 0 aliphatic carbocycles. The summed E-state index contributed by atoms with van der Waals surface area (Å²) in [4.78, 5) is 21.6. The van der Waals surface area contributed by atoms with Crippen molar-refractivity contribution in [1.29, 1.82) is 0 Å². The number of alkyl halides is 1. The lowest BCUT2D eigenvalue weighted by atomic mass is 9.98. The molecule has 4 nitrogen and oxygen atoms in total. The van der Waals surface area contributed by atoms with Crippen molar-refractivity contribution in [2.75, 3.05) is 13.2 Å². The zero-order valence-corrected chi connectivity index (χ0v) is 11.4. The van der Waals surface area contributed by atoms with Crippen LogP contribution in [-0.2, 0) is 23.9 Å². The lowest BCUT2D eigenvalue weighted by molar-refractivity contribution is -0.159. The lowest BCUT2D eigenvalue weighted by Gasteiger charge is -2.23. The van der Waals surface area contributed by atoms with Crippen LogP contribution in [0.15, 0.2) is 24.3 Å². The average molecular weight is 289 g/mol. The normalized spacial score (nSPS) is 10.9. The monoisotopic (exact) mass is 288 g/mol. The van der Waals surface area contributed by atoms with E-state index in [2.05, 4.69) is 0 Å². The third kappa shape index (κ3) is 3.23. The Morgan fingerprint density at radius 1 is 1.21 bits per heavy atom. The van der Waals surface area contributed by atoms with E-state index in [1.165, 1.54) is 18.2 Å². The van der Waals surface area contributed by atoms with E-state index in [9.17, 15) is 14.0 Å². The maximum Gasteiger partial charge on any atom is 0.343 e. The second-order valence-corrected chi connectivity index (χ2v) is 4.18. The fourth-order valence-corrected chi connectivity index (χ4v) is 1.71. The number of rotatable bonds is 5. The maximum atomic E-state index is 13.2. The van der Waals surface area contributed by atoms with Crippen LogP contribution in [0.25, 0.3) is 0 Å². The summed E-state index contributed by atoms with van der Waals surface area (Å²) in [6.45, 7) is 3.24. The molecule has 1 rings (SSSR count). The summed E-state index contributed by atoms with van der Waals surface area (Å²) in [6, 6.07) is 4.89. The van der Waals surface area contributed by atoms with Gasteiger partial charge in [0.05, 0.1) is 13.2 Å². The number of ether oxygens (including phenoxy) is 2. The van der Waals surface area contributed by atoms with Crippen LogP contribution < -0.4 is 0 Å². The van der Waals surface area contributed by atoms with Crippen molar-refractivity contribution < 1.29 is 23.5 Å². The standard InChI is InChI=1S/C13H14ClFO4/c1-3-18-11(16)13(14,12(17)19-4-2)9-6-5-7-10(15)8-9/h5-8H,3-4H2,1-2H3. The molecular weight excluding hydrogens is 275 g/mol. The van der Waals surface area contributed by atoms with Gasteiger partial charge in [-0.1, -0.05) is 23.7 Å². The molecule has 104 valence electrons. The molecule has 0 fully saturated rings. The van der Waals surface area contributed by atoms with Gasteiger partial charge >= 0.3 is 11.9 Å². The molecule has 0 aliphatic heterocycles. The molecule has 0 radical (unpaired) electrons. The molecule has 0 atom stereocenters. The first-order valence-corrected chi connectivity index (χ1v) is 6.14. The number of carbonyl (C=O) groups is 2. The van der Waals surface area contributed by atoms with E-state index < -0.39 is 22.6 Å². The average Bonchev–Trinajstić information content (AvgIpc) is 2.38. The van der Waals surface area contributed by atoms with Crippen LogP contribution in [0.4, 0.5) is 4.39 Å². The first-order chi connectivity index (χ1) is 8.96. The highest BCUT2D eigenvalue weighted by Crippen LogP contribution is 2.33. The molecule has 0 N–H and O–H groups in total. The minimum absolute atomic E-state index is 0.0222. The van der Waals surface area contributed by atoms with Crippen molar-refractivity contribution in [2.24, 2.45) is 0 Å². The van der Waals surface area contributed by atoms with Crippen molar-refractivity contribution in [3.63, 3.8) is 0 Å². The van der Waals surface area contributed by atoms with E-state index in [0.29, 0.717) is 0 Å². The molecule has 0 amide bonds. The molecule has 1 aromatic carbocycles. The van der Waals surface area contributed by atoms with Gasteiger partial charge in [-0.25, -0.2) is 14.0 Å². The van der Waals surface area contributed by atoms with Crippen LogP contribution in [0.3, 0.4) is 0 Å². The van der Waals surface area contributed by atoms with Gasteiger partial charge in [0.1, 0.15) is 5.82 Å². The second-order valence-electron chi connectivity index (χ2n) is 3.61. The van der Waals surface area contributed by atoms with Crippen molar-refractivity contribution >= 4 is 23.5 Å². The number of hydrogen-bond acceptors (Lipinski definition) is 4. The Morgan fingerprint density at radius 2 is 1.74 bits per heavy atom. The van der Waals surface area contributed by atoms with E-state index in [-0.39, 0.29) is 18.8 Å². The molecule has 6 heteroatoms. The number of hydrogen-bond donors (Lipinski definition) is 0. The molecule has 0 heterocycles. The zero-order valence-electron chi connectivity index (χ0n) is 10.6. The van der Waals surface area contributed by atoms with Crippen LogP contribution in [0.2, 0.25) is 0 Å². The molecule has 0 aliphatic rings. The zero-order chi connectivity index (χ0) is 14.5. The van der Waals surface area contributed by atoms with Crippen LogP contribution in [0, 0.1) is 5.82 Å². The van der Waals surface area contributed by atoms with Gasteiger partial charge in [0.2, 0.25) is 0 Å². The van der Waals surface area contributed by atoms with Crippen molar-refractivity contribution in [3.05, 3.63) is 35.6 Å². The fraction of sp³-hybridized carbons (Fsp3) is 0.385. The van der Waals surface area contributed by atoms with E-state index in [1.807, 2.05) is 0 Å². The van der Waals surface area contributed by atoms with Gasteiger partial charge in [-0.05, 0) is 31.5 Å². The van der Waals surface area contributed by atoms with Crippen LogP contribution >= 0.6 is 11.6 Å². The molecule has 19 heavy (non-hydrogen) atoms. The Bertz CT molecular complexity index is 457. The second kappa shape index (κ2) is 6.52. The topological polar surface area (TPSA) is 52.6 Å². The van der Waals surface area contributed by atoms with Crippen molar-refractivity contribution in [2.45, 2.75) is 18.7 Å². The summed E-state index contributed by atoms with van der Waals surface area (Å²) in [6.07, 6.45) is 0. The lowest BCUT2D eigenvalue weighted by Crippen LogP contribution is -2.41. The SMILES string of the molecule is CCOC(=O)C(Cl)(C(=O)OCC)c1cccc(F)c1. The van der Waals surface area contributed by atoms with Gasteiger partial charge in [-0.3, -0.25) is 0 Å². The summed E-state index contributed by atoms with van der Waals surface area (Å²) >= 11 is 6.08. The summed E-state index contributed by atoms with van der Waals surface area (Å²) < 4.78 is 22.8. The van der Waals surface area contributed by atoms with Crippen molar-refractivity contribution in [3.8, 4) is 0 Å². The van der Waals surface area contributed by atoms with Gasteiger partial charge in [0, 0.05) is 0 Å². The molecule has 0 bridgehead atoms. The van der Waals surface area contributed by atoms with Gasteiger partial charge in [0.25, 0.3) is 4.87 Å². The Labute approximate surface area is 115 Å². The summed E-state index contributed by atoms with van der Waals surface area (Å²) in [5, 5.41) is 0. The highest BCUT2D eigenvalue weighted by atomic mass is 35.5. The third-order valence-electron chi connectivity index (χ3n) is 2.34.